The second-order valence-electron chi connectivity index (χ2n) is 5.44. The summed E-state index contributed by atoms with van der Waals surface area (Å²) in [6.07, 6.45) is 0. The number of rotatable bonds is 7. The Balaban J connectivity index is 1.61. The molecule has 0 fully saturated rings. The van der Waals surface area contributed by atoms with Crippen molar-refractivity contribution in [1.82, 2.24) is 10.2 Å². The monoisotopic (exact) mass is 391 g/mol. The van der Waals surface area contributed by atoms with E-state index >= 15 is 0 Å². The fourth-order valence-corrected chi connectivity index (χ4v) is 5.39. The van der Waals surface area contributed by atoms with Crippen molar-refractivity contribution in [3.8, 4) is 0 Å². The van der Waals surface area contributed by atoms with Crippen LogP contribution in [0.1, 0.15) is 16.7 Å². The number of hydrogen-bond donors (Lipinski definition) is 1. The number of nitrogens with zero attached hydrogens (tertiary/aromatic N) is 2. The summed E-state index contributed by atoms with van der Waals surface area (Å²) in [4.78, 5) is 0. The number of aryl methyl sites for hydroxylation is 1. The molecule has 0 spiro atoms. The quantitative estimate of drug-likeness (QED) is 0.615. The van der Waals surface area contributed by atoms with E-state index in [9.17, 15) is 8.42 Å². The van der Waals surface area contributed by atoms with Gasteiger partial charge in [0.25, 0.3) is 0 Å². The van der Waals surface area contributed by atoms with Crippen LogP contribution < -0.4 is 4.72 Å². The number of anilines is 1. The van der Waals surface area contributed by atoms with Crippen LogP contribution >= 0.6 is 23.1 Å². The van der Waals surface area contributed by atoms with Gasteiger partial charge in [0, 0.05) is 5.75 Å². The molecule has 1 aromatic heterocycles. The van der Waals surface area contributed by atoms with Crippen LogP contribution in [0.25, 0.3) is 0 Å². The third-order valence-electron chi connectivity index (χ3n) is 3.46. The fraction of sp³-hybridized carbons (Fsp3) is 0.176. The second-order valence-corrected chi connectivity index (χ2v) is 9.36. The minimum Gasteiger partial charge on any atom is -0.257 e. The lowest BCUT2D eigenvalue weighted by molar-refractivity contribution is 0.600. The van der Waals surface area contributed by atoms with Gasteiger partial charge in [-0.05, 0) is 23.6 Å². The zero-order valence-electron chi connectivity index (χ0n) is 13.5. The van der Waals surface area contributed by atoms with Crippen molar-refractivity contribution in [2.75, 3.05) is 4.72 Å². The standard InChI is InChI=1S/C17H17N3O2S3/c1-13-7-5-6-10-15(13)12-25(21,22)20-16-18-19-17(24-16)23-11-14-8-3-2-4-9-14/h2-10H,11-12H2,1H3,(H,18,20). The highest BCUT2D eigenvalue weighted by atomic mass is 32.2. The van der Waals surface area contributed by atoms with Gasteiger partial charge in [-0.25, -0.2) is 8.42 Å². The molecule has 3 aromatic rings. The van der Waals surface area contributed by atoms with Gasteiger partial charge in [0.15, 0.2) is 4.34 Å². The van der Waals surface area contributed by atoms with E-state index in [-0.39, 0.29) is 5.75 Å². The molecule has 0 bridgehead atoms. The van der Waals surface area contributed by atoms with Crippen LogP contribution in [0.2, 0.25) is 0 Å². The third-order valence-corrected chi connectivity index (χ3v) is 6.83. The minimum absolute atomic E-state index is 0.0776. The molecule has 0 atom stereocenters. The summed E-state index contributed by atoms with van der Waals surface area (Å²) >= 11 is 2.78. The molecule has 0 unspecified atom stereocenters. The molecule has 25 heavy (non-hydrogen) atoms. The van der Waals surface area contributed by atoms with Gasteiger partial charge in [-0.15, -0.1) is 10.2 Å². The van der Waals surface area contributed by atoms with E-state index in [4.69, 9.17) is 0 Å². The number of nitrogens with one attached hydrogen (secondary N) is 1. The van der Waals surface area contributed by atoms with Gasteiger partial charge in [0.2, 0.25) is 15.2 Å². The smallest absolute Gasteiger partial charge is 0.238 e. The van der Waals surface area contributed by atoms with Crippen molar-refractivity contribution in [3.63, 3.8) is 0 Å². The van der Waals surface area contributed by atoms with Crippen molar-refractivity contribution < 1.29 is 8.42 Å². The minimum atomic E-state index is -3.52. The molecule has 0 aliphatic rings. The average Bonchev–Trinajstić information content (AvgIpc) is 3.02. The second kappa shape index (κ2) is 7.99. The fourth-order valence-electron chi connectivity index (χ4n) is 2.17. The summed E-state index contributed by atoms with van der Waals surface area (Å²) in [7, 11) is -3.52. The first-order valence-electron chi connectivity index (χ1n) is 7.57. The SMILES string of the molecule is Cc1ccccc1CS(=O)(=O)Nc1nnc(SCc2ccccc2)s1. The first-order chi connectivity index (χ1) is 12.0. The molecule has 0 aliphatic heterocycles. The average molecular weight is 392 g/mol. The molecule has 0 radical (unpaired) electrons. The summed E-state index contributed by atoms with van der Waals surface area (Å²) in [5.74, 6) is 0.692. The summed E-state index contributed by atoms with van der Waals surface area (Å²) < 4.78 is 27.9. The molecule has 2 aromatic carbocycles. The van der Waals surface area contributed by atoms with E-state index in [1.165, 1.54) is 28.7 Å². The van der Waals surface area contributed by atoms with Crippen LogP contribution in [0.3, 0.4) is 0 Å². The Kier molecular flexibility index (Phi) is 5.72. The predicted molar refractivity (Wildman–Crippen MR) is 103 cm³/mol. The maximum Gasteiger partial charge on any atom is 0.238 e. The van der Waals surface area contributed by atoms with Crippen molar-refractivity contribution >= 4 is 38.3 Å². The number of benzene rings is 2. The van der Waals surface area contributed by atoms with Crippen LogP contribution in [0, 0.1) is 6.92 Å². The van der Waals surface area contributed by atoms with Gasteiger partial charge >= 0.3 is 0 Å². The van der Waals surface area contributed by atoms with Crippen LogP contribution in [-0.2, 0) is 21.5 Å². The van der Waals surface area contributed by atoms with Crippen molar-refractivity contribution in [2.24, 2.45) is 0 Å². The van der Waals surface area contributed by atoms with Crippen molar-refractivity contribution in [2.45, 2.75) is 22.8 Å². The van der Waals surface area contributed by atoms with Crippen LogP contribution in [-0.4, -0.2) is 18.6 Å². The normalized spacial score (nSPS) is 11.4. The van der Waals surface area contributed by atoms with Crippen LogP contribution in [0.4, 0.5) is 5.13 Å². The van der Waals surface area contributed by atoms with Crippen molar-refractivity contribution in [1.29, 1.82) is 0 Å². The van der Waals surface area contributed by atoms with Gasteiger partial charge in [-0.3, -0.25) is 4.72 Å². The zero-order valence-corrected chi connectivity index (χ0v) is 16.0. The highest BCUT2D eigenvalue weighted by molar-refractivity contribution is 8.00. The molecule has 130 valence electrons. The summed E-state index contributed by atoms with van der Waals surface area (Å²) in [5.41, 5.74) is 2.91. The summed E-state index contributed by atoms with van der Waals surface area (Å²) in [6.45, 7) is 1.90. The molecule has 3 rings (SSSR count). The van der Waals surface area contributed by atoms with Gasteiger partial charge in [0.05, 0.1) is 5.75 Å². The van der Waals surface area contributed by atoms with E-state index in [2.05, 4.69) is 14.9 Å². The number of sulfonamides is 1. The summed E-state index contributed by atoms with van der Waals surface area (Å²) in [6, 6.07) is 17.5. The van der Waals surface area contributed by atoms with E-state index < -0.39 is 10.0 Å². The van der Waals surface area contributed by atoms with E-state index in [1.807, 2.05) is 61.5 Å². The van der Waals surface area contributed by atoms with Gasteiger partial charge in [-0.2, -0.15) is 0 Å². The van der Waals surface area contributed by atoms with Crippen molar-refractivity contribution in [3.05, 3.63) is 71.3 Å². The number of hydrogen-bond acceptors (Lipinski definition) is 6. The van der Waals surface area contributed by atoms with Crippen LogP contribution in [0.15, 0.2) is 58.9 Å². The zero-order chi connectivity index (χ0) is 17.7. The molecular formula is C17H17N3O2S3. The van der Waals surface area contributed by atoms with E-state index in [1.54, 1.807) is 0 Å². The third kappa shape index (κ3) is 5.29. The van der Waals surface area contributed by atoms with Gasteiger partial charge < -0.3 is 0 Å². The maximum absolute atomic E-state index is 12.3. The van der Waals surface area contributed by atoms with Gasteiger partial charge in [-0.1, -0.05) is 77.7 Å². The lowest BCUT2D eigenvalue weighted by atomic mass is 10.1. The Labute approximate surface area is 155 Å². The number of aromatic nitrogens is 2. The first kappa shape index (κ1) is 17.9. The lowest BCUT2D eigenvalue weighted by Gasteiger charge is -2.07. The predicted octanol–water partition coefficient (Wildman–Crippen LogP) is 4.08. The first-order valence-corrected chi connectivity index (χ1v) is 11.0. The van der Waals surface area contributed by atoms with E-state index in [0.717, 1.165) is 21.2 Å². The number of thioether (sulfide) groups is 1. The van der Waals surface area contributed by atoms with E-state index in [0.29, 0.717) is 5.13 Å². The summed E-state index contributed by atoms with van der Waals surface area (Å²) in [5, 5.41) is 8.28. The Morgan fingerprint density at radius 2 is 1.76 bits per heavy atom. The Bertz CT molecular complexity index is 941. The molecule has 0 amide bonds. The highest BCUT2D eigenvalue weighted by Crippen LogP contribution is 2.29. The molecular weight excluding hydrogens is 374 g/mol. The highest BCUT2D eigenvalue weighted by Gasteiger charge is 2.16. The maximum atomic E-state index is 12.3. The van der Waals surface area contributed by atoms with Gasteiger partial charge in [0.1, 0.15) is 0 Å². The molecule has 0 aliphatic carbocycles. The topological polar surface area (TPSA) is 72.0 Å². The Morgan fingerprint density at radius 3 is 2.52 bits per heavy atom. The molecule has 1 heterocycles. The molecule has 8 heteroatoms. The molecule has 5 nitrogen and oxygen atoms in total. The molecule has 0 saturated carbocycles. The largest absolute Gasteiger partial charge is 0.257 e. The van der Waals surface area contributed by atoms with Crippen LogP contribution in [0.5, 0.6) is 0 Å². The Morgan fingerprint density at radius 1 is 1.04 bits per heavy atom. The molecule has 0 saturated heterocycles. The molecule has 1 N–H and O–H groups in total. The Hall–Kier alpha value is -1.90. The lowest BCUT2D eigenvalue weighted by Crippen LogP contribution is -2.15.